The van der Waals surface area contributed by atoms with Crippen LogP contribution in [-0.4, -0.2) is 32.5 Å². The standard InChI is InChI=1S/C26H17Cl2N7O/c1-34(19-11-10-18(12-29)30-13-19)33-26(36)22-15-32-35-24(16-6-8-17(27)9-7-16)21(14-31-25(22)35)20-4-2-3-5-23(20)28/h2-11,13-15H,1H3,(H,33,36). The Balaban J connectivity index is 1.58. The number of hydrogen-bond acceptors (Lipinski definition) is 6. The molecule has 0 fully saturated rings. The first kappa shape index (κ1) is 23.3. The number of aromatic nitrogens is 4. The Morgan fingerprint density at radius 3 is 2.44 bits per heavy atom. The number of amides is 1. The molecule has 2 aromatic carbocycles. The van der Waals surface area contributed by atoms with Crippen LogP contribution in [0.1, 0.15) is 16.1 Å². The van der Waals surface area contributed by atoms with Crippen molar-refractivity contribution in [3.8, 4) is 28.5 Å². The number of carbonyl (C=O) groups is 1. The van der Waals surface area contributed by atoms with Crippen molar-refractivity contribution in [3.63, 3.8) is 0 Å². The maximum absolute atomic E-state index is 13.2. The Morgan fingerprint density at radius 2 is 1.75 bits per heavy atom. The molecule has 0 unspecified atom stereocenters. The quantitative estimate of drug-likeness (QED) is 0.315. The number of halogens is 2. The molecule has 0 saturated heterocycles. The van der Waals surface area contributed by atoms with Gasteiger partial charge in [-0.3, -0.25) is 15.2 Å². The number of anilines is 1. The fraction of sp³-hybridized carbons (Fsp3) is 0.0385. The average molecular weight is 514 g/mol. The van der Waals surface area contributed by atoms with Crippen molar-refractivity contribution < 1.29 is 4.79 Å². The highest BCUT2D eigenvalue weighted by molar-refractivity contribution is 6.33. The summed E-state index contributed by atoms with van der Waals surface area (Å²) in [6.07, 6.45) is 4.66. The summed E-state index contributed by atoms with van der Waals surface area (Å²) in [5.74, 6) is -0.406. The van der Waals surface area contributed by atoms with Crippen molar-refractivity contribution in [1.29, 1.82) is 5.26 Å². The third-order valence-corrected chi connectivity index (χ3v) is 6.15. The Labute approximate surface area is 216 Å². The van der Waals surface area contributed by atoms with Crippen LogP contribution in [0.15, 0.2) is 79.3 Å². The Kier molecular flexibility index (Phi) is 6.25. The summed E-state index contributed by atoms with van der Waals surface area (Å²) in [6.45, 7) is 0. The summed E-state index contributed by atoms with van der Waals surface area (Å²) in [6, 6.07) is 20.0. The first-order chi connectivity index (χ1) is 17.5. The second-order valence-electron chi connectivity index (χ2n) is 7.81. The van der Waals surface area contributed by atoms with E-state index in [0.29, 0.717) is 27.1 Å². The number of nitrogens with one attached hydrogen (secondary N) is 1. The zero-order valence-corrected chi connectivity index (χ0v) is 20.4. The molecule has 36 heavy (non-hydrogen) atoms. The molecular formula is C26H17Cl2N7O. The van der Waals surface area contributed by atoms with Gasteiger partial charge in [-0.15, -0.1) is 0 Å². The molecule has 0 aliphatic heterocycles. The van der Waals surface area contributed by atoms with E-state index in [1.807, 2.05) is 42.5 Å². The highest BCUT2D eigenvalue weighted by atomic mass is 35.5. The Hall–Kier alpha value is -4.45. The van der Waals surface area contributed by atoms with Gasteiger partial charge in [-0.25, -0.2) is 14.5 Å². The number of benzene rings is 2. The van der Waals surface area contributed by atoms with E-state index in [0.717, 1.165) is 16.7 Å². The molecule has 5 rings (SSSR count). The summed E-state index contributed by atoms with van der Waals surface area (Å²) in [4.78, 5) is 21.8. The van der Waals surface area contributed by atoms with Gasteiger partial charge in [0.2, 0.25) is 0 Å². The van der Waals surface area contributed by atoms with Gasteiger partial charge < -0.3 is 0 Å². The molecule has 3 heterocycles. The average Bonchev–Trinajstić information content (AvgIpc) is 3.33. The number of nitriles is 1. The predicted octanol–water partition coefficient (Wildman–Crippen LogP) is 5.42. The molecule has 5 aromatic rings. The van der Waals surface area contributed by atoms with E-state index in [-0.39, 0.29) is 11.3 Å². The largest absolute Gasteiger partial charge is 0.287 e. The smallest absolute Gasteiger partial charge is 0.275 e. The van der Waals surface area contributed by atoms with Gasteiger partial charge in [-0.1, -0.05) is 53.5 Å². The van der Waals surface area contributed by atoms with E-state index in [4.69, 9.17) is 28.5 Å². The molecule has 0 bridgehead atoms. The van der Waals surface area contributed by atoms with Crippen LogP contribution in [-0.2, 0) is 0 Å². The molecule has 0 saturated carbocycles. The van der Waals surface area contributed by atoms with Gasteiger partial charge in [0.05, 0.1) is 23.8 Å². The van der Waals surface area contributed by atoms with E-state index in [1.165, 1.54) is 17.4 Å². The zero-order chi connectivity index (χ0) is 25.2. The van der Waals surface area contributed by atoms with Crippen molar-refractivity contribution in [1.82, 2.24) is 25.0 Å². The van der Waals surface area contributed by atoms with Crippen molar-refractivity contribution >= 4 is 40.4 Å². The summed E-state index contributed by atoms with van der Waals surface area (Å²) in [5.41, 5.74) is 7.43. The molecule has 1 N–H and O–H groups in total. The minimum absolute atomic E-state index is 0.282. The van der Waals surface area contributed by atoms with Gasteiger partial charge >= 0.3 is 0 Å². The van der Waals surface area contributed by atoms with Crippen LogP contribution >= 0.6 is 23.2 Å². The number of fused-ring (bicyclic) bond motifs is 1. The van der Waals surface area contributed by atoms with E-state index in [2.05, 4.69) is 20.5 Å². The normalized spacial score (nSPS) is 10.7. The molecule has 1 amide bonds. The molecule has 0 spiro atoms. The van der Waals surface area contributed by atoms with Crippen LogP contribution < -0.4 is 10.4 Å². The van der Waals surface area contributed by atoms with Gasteiger partial charge in [-0.2, -0.15) is 10.4 Å². The lowest BCUT2D eigenvalue weighted by Gasteiger charge is -2.19. The maximum Gasteiger partial charge on any atom is 0.275 e. The molecular weight excluding hydrogens is 497 g/mol. The van der Waals surface area contributed by atoms with Crippen LogP contribution in [0.3, 0.4) is 0 Å². The van der Waals surface area contributed by atoms with E-state index in [9.17, 15) is 4.79 Å². The zero-order valence-electron chi connectivity index (χ0n) is 18.9. The second-order valence-corrected chi connectivity index (χ2v) is 8.66. The number of carbonyl (C=O) groups excluding carboxylic acids is 1. The topological polar surface area (TPSA) is 99.2 Å². The van der Waals surface area contributed by atoms with Crippen LogP contribution in [0.2, 0.25) is 10.0 Å². The van der Waals surface area contributed by atoms with Crippen LogP contribution in [0.5, 0.6) is 0 Å². The minimum atomic E-state index is -0.406. The lowest BCUT2D eigenvalue weighted by molar-refractivity contribution is 0.0953. The third kappa shape index (κ3) is 4.33. The molecule has 8 nitrogen and oxygen atoms in total. The van der Waals surface area contributed by atoms with Crippen LogP contribution in [0.4, 0.5) is 5.69 Å². The number of hydrazine groups is 1. The first-order valence-corrected chi connectivity index (χ1v) is 11.5. The number of hydrogen-bond donors (Lipinski definition) is 1. The molecule has 0 radical (unpaired) electrons. The summed E-state index contributed by atoms with van der Waals surface area (Å²) in [5, 5.41) is 16.1. The van der Waals surface area contributed by atoms with Gasteiger partial charge in [-0.05, 0) is 30.3 Å². The number of pyridine rings is 1. The Bertz CT molecular complexity index is 1620. The molecule has 3 aromatic heterocycles. The highest BCUT2D eigenvalue weighted by Gasteiger charge is 2.21. The fourth-order valence-corrected chi connectivity index (χ4v) is 4.14. The number of rotatable bonds is 5. The van der Waals surface area contributed by atoms with Gasteiger partial charge in [0, 0.05) is 40.0 Å². The molecule has 176 valence electrons. The van der Waals surface area contributed by atoms with Gasteiger partial charge in [0.1, 0.15) is 17.3 Å². The first-order valence-electron chi connectivity index (χ1n) is 10.7. The highest BCUT2D eigenvalue weighted by Crippen LogP contribution is 2.36. The lowest BCUT2D eigenvalue weighted by Crippen LogP contribution is -2.39. The summed E-state index contributed by atoms with van der Waals surface area (Å²) in [7, 11) is 1.68. The summed E-state index contributed by atoms with van der Waals surface area (Å²) >= 11 is 12.6. The SMILES string of the molecule is CN(NC(=O)c1cnn2c(-c3ccc(Cl)cc3)c(-c3ccccc3Cl)cnc12)c1ccc(C#N)nc1. The second kappa shape index (κ2) is 9.66. The Morgan fingerprint density at radius 1 is 0.972 bits per heavy atom. The van der Waals surface area contributed by atoms with Crippen LogP contribution in [0, 0.1) is 11.3 Å². The molecule has 10 heteroatoms. The maximum atomic E-state index is 13.2. The van der Waals surface area contributed by atoms with Crippen molar-refractivity contribution in [3.05, 3.63) is 101 Å². The van der Waals surface area contributed by atoms with Crippen LogP contribution in [0.25, 0.3) is 28.0 Å². The van der Waals surface area contributed by atoms with Crippen molar-refractivity contribution in [2.24, 2.45) is 0 Å². The molecule has 0 aliphatic carbocycles. The van der Waals surface area contributed by atoms with E-state index >= 15 is 0 Å². The molecule has 0 aliphatic rings. The van der Waals surface area contributed by atoms with E-state index in [1.54, 1.807) is 42.0 Å². The van der Waals surface area contributed by atoms with E-state index < -0.39 is 5.91 Å². The van der Waals surface area contributed by atoms with Crippen molar-refractivity contribution in [2.45, 2.75) is 0 Å². The molecule has 0 atom stereocenters. The monoisotopic (exact) mass is 513 g/mol. The third-order valence-electron chi connectivity index (χ3n) is 5.57. The predicted molar refractivity (Wildman–Crippen MR) is 139 cm³/mol. The summed E-state index contributed by atoms with van der Waals surface area (Å²) < 4.78 is 1.63. The lowest BCUT2D eigenvalue weighted by atomic mass is 10.0. The van der Waals surface area contributed by atoms with Crippen molar-refractivity contribution in [2.75, 3.05) is 12.1 Å². The van der Waals surface area contributed by atoms with Gasteiger partial charge in [0.25, 0.3) is 5.91 Å². The fourth-order valence-electron chi connectivity index (χ4n) is 3.78. The number of nitrogens with zero attached hydrogens (tertiary/aromatic N) is 6. The minimum Gasteiger partial charge on any atom is -0.287 e. The van der Waals surface area contributed by atoms with Gasteiger partial charge in [0.15, 0.2) is 5.65 Å².